The van der Waals surface area contributed by atoms with Gasteiger partial charge in [-0.1, -0.05) is 23.7 Å². The minimum atomic E-state index is -3.70. The number of ether oxygens (including phenoxy) is 1. The Morgan fingerprint density at radius 2 is 2.09 bits per heavy atom. The molecule has 23 heavy (non-hydrogen) atoms. The molecule has 1 aromatic rings. The summed E-state index contributed by atoms with van der Waals surface area (Å²) in [4.78, 5) is 11.7. The van der Waals surface area contributed by atoms with E-state index in [9.17, 15) is 13.2 Å². The molecule has 1 saturated heterocycles. The molecule has 1 fully saturated rings. The highest BCUT2D eigenvalue weighted by molar-refractivity contribution is 7.89. The first-order valence-electron chi connectivity index (χ1n) is 7.61. The lowest BCUT2D eigenvalue weighted by atomic mass is 10.2. The molecule has 0 radical (unpaired) electrons. The monoisotopic (exact) mass is 360 g/mol. The fourth-order valence-corrected chi connectivity index (χ4v) is 3.92. The van der Waals surface area contributed by atoms with Crippen molar-refractivity contribution in [3.63, 3.8) is 0 Å². The number of halogens is 1. The summed E-state index contributed by atoms with van der Waals surface area (Å²) in [5, 5.41) is 2.92. The van der Waals surface area contributed by atoms with Crippen molar-refractivity contribution in [1.29, 1.82) is 0 Å². The first-order valence-corrected chi connectivity index (χ1v) is 9.47. The molecule has 1 atom stereocenters. The molecule has 1 aromatic carbocycles. The van der Waals surface area contributed by atoms with Gasteiger partial charge in [-0.2, -0.15) is 0 Å². The third-order valence-electron chi connectivity index (χ3n) is 3.58. The van der Waals surface area contributed by atoms with Crippen molar-refractivity contribution in [2.24, 2.45) is 0 Å². The zero-order valence-electron chi connectivity index (χ0n) is 12.8. The van der Waals surface area contributed by atoms with Crippen LogP contribution in [0.15, 0.2) is 29.2 Å². The topological polar surface area (TPSA) is 84.5 Å². The van der Waals surface area contributed by atoms with Gasteiger partial charge < -0.3 is 10.1 Å². The zero-order valence-corrected chi connectivity index (χ0v) is 14.3. The van der Waals surface area contributed by atoms with E-state index in [-0.39, 0.29) is 34.9 Å². The van der Waals surface area contributed by atoms with E-state index in [1.807, 2.05) is 0 Å². The second-order valence-corrected chi connectivity index (χ2v) is 7.49. The van der Waals surface area contributed by atoms with Crippen molar-refractivity contribution in [3.05, 3.63) is 29.3 Å². The number of carbonyl (C=O) groups is 1. The van der Waals surface area contributed by atoms with Gasteiger partial charge in [-0.3, -0.25) is 4.79 Å². The van der Waals surface area contributed by atoms with Gasteiger partial charge in [0.25, 0.3) is 0 Å². The van der Waals surface area contributed by atoms with Gasteiger partial charge in [-0.05, 0) is 31.4 Å². The van der Waals surface area contributed by atoms with Crippen molar-refractivity contribution in [2.75, 3.05) is 19.7 Å². The lowest BCUT2D eigenvalue weighted by Gasteiger charge is -2.11. The van der Waals surface area contributed by atoms with Crippen molar-refractivity contribution >= 4 is 27.5 Å². The predicted molar refractivity (Wildman–Crippen MR) is 87.9 cm³/mol. The van der Waals surface area contributed by atoms with Crippen LogP contribution in [0.3, 0.4) is 0 Å². The van der Waals surface area contributed by atoms with Crippen LogP contribution >= 0.6 is 11.6 Å². The van der Waals surface area contributed by atoms with Gasteiger partial charge in [0, 0.05) is 26.1 Å². The van der Waals surface area contributed by atoms with E-state index < -0.39 is 10.0 Å². The molecule has 8 heteroatoms. The summed E-state index contributed by atoms with van der Waals surface area (Å²) in [5.41, 5.74) is 0. The number of amides is 1. The Kier molecular flexibility index (Phi) is 6.83. The molecule has 0 bridgehead atoms. The Labute approximate surface area is 141 Å². The van der Waals surface area contributed by atoms with E-state index in [4.69, 9.17) is 16.3 Å². The summed E-state index contributed by atoms with van der Waals surface area (Å²) in [6.45, 7) is 1.36. The van der Waals surface area contributed by atoms with Gasteiger partial charge in [0.1, 0.15) is 4.90 Å². The van der Waals surface area contributed by atoms with Gasteiger partial charge in [-0.25, -0.2) is 13.1 Å². The van der Waals surface area contributed by atoms with Crippen LogP contribution in [0.1, 0.15) is 25.7 Å². The van der Waals surface area contributed by atoms with E-state index >= 15 is 0 Å². The summed E-state index contributed by atoms with van der Waals surface area (Å²) < 4.78 is 32.0. The highest BCUT2D eigenvalue weighted by atomic mass is 35.5. The van der Waals surface area contributed by atoms with Crippen LogP contribution in [0.4, 0.5) is 0 Å². The fraction of sp³-hybridized carbons (Fsp3) is 0.533. The standard InChI is InChI=1S/C15H21ClN2O4S/c16-13-5-1-2-6-14(13)23(20,21)18-10-8-15(19)17-9-7-12-4-3-11-22-12/h1-2,5-6,12,18H,3-4,7-11H2,(H,17,19). The highest BCUT2D eigenvalue weighted by Gasteiger charge is 2.18. The number of benzene rings is 1. The molecule has 6 nitrogen and oxygen atoms in total. The fourth-order valence-electron chi connectivity index (χ4n) is 2.37. The van der Waals surface area contributed by atoms with Crippen LogP contribution in [-0.2, 0) is 19.6 Å². The van der Waals surface area contributed by atoms with E-state index in [0.717, 1.165) is 25.9 Å². The van der Waals surface area contributed by atoms with Crippen LogP contribution in [-0.4, -0.2) is 40.1 Å². The minimum Gasteiger partial charge on any atom is -0.378 e. The number of nitrogens with one attached hydrogen (secondary N) is 2. The normalized spacial score (nSPS) is 18.0. The molecule has 1 amide bonds. The van der Waals surface area contributed by atoms with E-state index in [1.165, 1.54) is 12.1 Å². The summed E-state index contributed by atoms with van der Waals surface area (Å²) in [6.07, 6.45) is 3.21. The SMILES string of the molecule is O=C(CCNS(=O)(=O)c1ccccc1Cl)NCCC1CCCO1. The molecule has 0 saturated carbocycles. The second kappa shape index (κ2) is 8.63. The van der Waals surface area contributed by atoms with Gasteiger partial charge in [0.2, 0.25) is 15.9 Å². The Hall–Kier alpha value is -1.15. The van der Waals surface area contributed by atoms with Gasteiger partial charge in [-0.15, -0.1) is 0 Å². The van der Waals surface area contributed by atoms with Crippen molar-refractivity contribution < 1.29 is 17.9 Å². The smallest absolute Gasteiger partial charge is 0.242 e. The maximum Gasteiger partial charge on any atom is 0.242 e. The maximum absolute atomic E-state index is 12.1. The van der Waals surface area contributed by atoms with E-state index in [1.54, 1.807) is 12.1 Å². The number of hydrogen-bond donors (Lipinski definition) is 2. The van der Waals surface area contributed by atoms with Crippen LogP contribution in [0.25, 0.3) is 0 Å². The third kappa shape index (κ3) is 5.76. The average Bonchev–Trinajstić information content (AvgIpc) is 3.00. The number of carbonyl (C=O) groups excluding carboxylic acids is 1. The Morgan fingerprint density at radius 3 is 2.78 bits per heavy atom. The quantitative estimate of drug-likeness (QED) is 0.739. The largest absolute Gasteiger partial charge is 0.378 e. The lowest BCUT2D eigenvalue weighted by molar-refractivity contribution is -0.121. The minimum absolute atomic E-state index is 0.0143. The molecule has 128 valence electrons. The molecule has 2 N–H and O–H groups in total. The average molecular weight is 361 g/mol. The Bertz CT molecular complexity index is 630. The molecule has 1 aliphatic rings. The van der Waals surface area contributed by atoms with Gasteiger partial charge >= 0.3 is 0 Å². The molecule has 1 heterocycles. The summed E-state index contributed by atoms with van der Waals surface area (Å²) in [6, 6.07) is 6.18. The van der Waals surface area contributed by atoms with Crippen molar-refractivity contribution in [3.8, 4) is 0 Å². The third-order valence-corrected chi connectivity index (χ3v) is 5.54. The first kappa shape index (κ1) is 18.2. The van der Waals surface area contributed by atoms with Crippen molar-refractivity contribution in [1.82, 2.24) is 10.0 Å². The van der Waals surface area contributed by atoms with Crippen LogP contribution in [0.5, 0.6) is 0 Å². The number of sulfonamides is 1. The molecule has 0 spiro atoms. The molecule has 0 aromatic heterocycles. The van der Waals surface area contributed by atoms with Crippen molar-refractivity contribution in [2.45, 2.75) is 36.7 Å². The summed E-state index contributed by atoms with van der Waals surface area (Å²) in [5.74, 6) is -0.190. The van der Waals surface area contributed by atoms with Crippen LogP contribution in [0.2, 0.25) is 5.02 Å². The van der Waals surface area contributed by atoms with Gasteiger partial charge in [0.05, 0.1) is 11.1 Å². The highest BCUT2D eigenvalue weighted by Crippen LogP contribution is 2.20. The zero-order chi connectivity index (χ0) is 16.7. The molecule has 1 unspecified atom stereocenters. The predicted octanol–water partition coefficient (Wildman–Crippen LogP) is 1.69. The molecule has 2 rings (SSSR count). The Balaban J connectivity index is 1.69. The van der Waals surface area contributed by atoms with E-state index in [0.29, 0.717) is 6.54 Å². The van der Waals surface area contributed by atoms with Crippen LogP contribution < -0.4 is 10.0 Å². The number of rotatable bonds is 8. The molecule has 0 aliphatic carbocycles. The second-order valence-electron chi connectivity index (χ2n) is 5.35. The van der Waals surface area contributed by atoms with E-state index in [2.05, 4.69) is 10.0 Å². The maximum atomic E-state index is 12.1. The Morgan fingerprint density at radius 1 is 1.30 bits per heavy atom. The molecular weight excluding hydrogens is 340 g/mol. The van der Waals surface area contributed by atoms with Crippen LogP contribution in [0, 0.1) is 0 Å². The number of hydrogen-bond acceptors (Lipinski definition) is 4. The molecule has 1 aliphatic heterocycles. The van der Waals surface area contributed by atoms with Gasteiger partial charge in [0.15, 0.2) is 0 Å². The first-order chi connectivity index (χ1) is 11.0. The molecular formula is C15H21ClN2O4S. The summed E-state index contributed by atoms with van der Waals surface area (Å²) in [7, 11) is -3.70. The lowest BCUT2D eigenvalue weighted by Crippen LogP contribution is -2.32. The summed E-state index contributed by atoms with van der Waals surface area (Å²) >= 11 is 5.87.